The summed E-state index contributed by atoms with van der Waals surface area (Å²) in [6.07, 6.45) is 1.05. The van der Waals surface area contributed by atoms with Crippen LogP contribution in [-0.2, 0) is 0 Å². The van der Waals surface area contributed by atoms with Crippen molar-refractivity contribution >= 4 is 11.4 Å². The summed E-state index contributed by atoms with van der Waals surface area (Å²) in [7, 11) is 0. The number of nitrogen functional groups attached to an aromatic ring is 1. The van der Waals surface area contributed by atoms with Crippen molar-refractivity contribution in [1.29, 1.82) is 0 Å². The Balaban J connectivity index is 1.77. The Morgan fingerprint density at radius 1 is 1.05 bits per heavy atom. The van der Waals surface area contributed by atoms with E-state index in [1.165, 1.54) is 11.6 Å². The number of hydrogen-bond acceptors (Lipinski definition) is 2. The van der Waals surface area contributed by atoms with Crippen molar-refractivity contribution in [2.75, 3.05) is 23.7 Å². The van der Waals surface area contributed by atoms with Crippen LogP contribution < -0.4 is 10.6 Å². The van der Waals surface area contributed by atoms with E-state index in [-0.39, 0.29) is 5.82 Å². The lowest BCUT2D eigenvalue weighted by molar-refractivity contribution is 0.622. The maximum Gasteiger partial charge on any atom is 0.146 e. The zero-order chi connectivity index (χ0) is 13.2. The van der Waals surface area contributed by atoms with Crippen LogP contribution in [-0.4, -0.2) is 13.1 Å². The molecule has 0 spiro atoms. The van der Waals surface area contributed by atoms with Gasteiger partial charge in [0, 0.05) is 24.7 Å². The summed E-state index contributed by atoms with van der Waals surface area (Å²) >= 11 is 0. The normalized spacial score (nSPS) is 18.8. The lowest BCUT2D eigenvalue weighted by Crippen LogP contribution is -2.20. The number of halogens is 1. The number of rotatable bonds is 2. The molecule has 0 aromatic heterocycles. The summed E-state index contributed by atoms with van der Waals surface area (Å²) in [6.45, 7) is 1.76. The zero-order valence-corrected chi connectivity index (χ0v) is 10.7. The Labute approximate surface area is 112 Å². The lowest BCUT2D eigenvalue weighted by atomic mass is 9.98. The maximum atomic E-state index is 13.8. The molecule has 1 saturated heterocycles. The summed E-state index contributed by atoms with van der Waals surface area (Å²) in [5.74, 6) is 0.320. The van der Waals surface area contributed by atoms with Crippen LogP contribution in [0.15, 0.2) is 48.5 Å². The second-order valence-corrected chi connectivity index (χ2v) is 5.05. The molecule has 1 unspecified atom stereocenters. The molecule has 0 aliphatic carbocycles. The van der Waals surface area contributed by atoms with Gasteiger partial charge < -0.3 is 10.6 Å². The summed E-state index contributed by atoms with van der Waals surface area (Å²) in [4.78, 5) is 2.12. The van der Waals surface area contributed by atoms with Crippen molar-refractivity contribution in [2.24, 2.45) is 0 Å². The minimum atomic E-state index is -0.138. The molecule has 2 N–H and O–H groups in total. The molecule has 2 aromatic carbocycles. The molecular weight excluding hydrogens is 239 g/mol. The minimum absolute atomic E-state index is 0.138. The molecule has 1 heterocycles. The molecule has 0 bridgehead atoms. The number of benzene rings is 2. The first-order chi connectivity index (χ1) is 9.24. The summed E-state index contributed by atoms with van der Waals surface area (Å²) in [5, 5.41) is 0. The Bertz CT molecular complexity index is 565. The Kier molecular flexibility index (Phi) is 3.11. The van der Waals surface area contributed by atoms with Crippen LogP contribution in [0.1, 0.15) is 17.9 Å². The topological polar surface area (TPSA) is 29.3 Å². The van der Waals surface area contributed by atoms with Gasteiger partial charge in [0.1, 0.15) is 5.82 Å². The van der Waals surface area contributed by atoms with E-state index < -0.39 is 0 Å². The predicted octanol–water partition coefficient (Wildman–Crippen LogP) is 3.40. The number of para-hydroxylation sites is 1. The molecule has 98 valence electrons. The fourth-order valence-electron chi connectivity index (χ4n) is 2.73. The first-order valence-electron chi connectivity index (χ1n) is 6.59. The minimum Gasteiger partial charge on any atom is -0.399 e. The molecule has 0 amide bonds. The van der Waals surface area contributed by atoms with E-state index in [2.05, 4.69) is 17.0 Å². The van der Waals surface area contributed by atoms with Crippen molar-refractivity contribution in [3.63, 3.8) is 0 Å². The van der Waals surface area contributed by atoms with Crippen molar-refractivity contribution in [2.45, 2.75) is 12.3 Å². The first-order valence-corrected chi connectivity index (χ1v) is 6.59. The van der Waals surface area contributed by atoms with E-state index >= 15 is 0 Å². The van der Waals surface area contributed by atoms with Gasteiger partial charge in [-0.2, -0.15) is 0 Å². The number of nitrogens with two attached hydrogens (primary N) is 1. The molecule has 1 aliphatic heterocycles. The molecule has 3 rings (SSSR count). The molecule has 1 atom stereocenters. The van der Waals surface area contributed by atoms with Gasteiger partial charge in [-0.1, -0.05) is 24.3 Å². The SMILES string of the molecule is Nc1ccc(C2CCN(c3ccccc3F)C2)cc1. The van der Waals surface area contributed by atoms with Crippen LogP contribution in [0.5, 0.6) is 0 Å². The van der Waals surface area contributed by atoms with E-state index in [9.17, 15) is 4.39 Å². The van der Waals surface area contributed by atoms with Crippen molar-refractivity contribution in [1.82, 2.24) is 0 Å². The summed E-state index contributed by atoms with van der Waals surface area (Å²) in [6, 6.07) is 15.0. The highest BCUT2D eigenvalue weighted by molar-refractivity contribution is 5.50. The Morgan fingerprint density at radius 3 is 2.53 bits per heavy atom. The van der Waals surface area contributed by atoms with Gasteiger partial charge >= 0.3 is 0 Å². The zero-order valence-electron chi connectivity index (χ0n) is 10.7. The average Bonchev–Trinajstić information content (AvgIpc) is 2.89. The van der Waals surface area contributed by atoms with Crippen LogP contribution >= 0.6 is 0 Å². The highest BCUT2D eigenvalue weighted by atomic mass is 19.1. The largest absolute Gasteiger partial charge is 0.399 e. The highest BCUT2D eigenvalue weighted by Gasteiger charge is 2.25. The van der Waals surface area contributed by atoms with Crippen molar-refractivity contribution in [3.8, 4) is 0 Å². The lowest BCUT2D eigenvalue weighted by Gasteiger charge is -2.19. The first kappa shape index (κ1) is 12.0. The molecule has 2 nitrogen and oxygen atoms in total. The van der Waals surface area contributed by atoms with E-state index in [4.69, 9.17) is 5.73 Å². The second kappa shape index (κ2) is 4.92. The standard InChI is InChI=1S/C16H17FN2/c17-15-3-1-2-4-16(15)19-10-9-13(11-19)12-5-7-14(18)8-6-12/h1-8,13H,9-11,18H2. The third-order valence-electron chi connectivity index (χ3n) is 3.79. The fourth-order valence-corrected chi connectivity index (χ4v) is 2.73. The van der Waals surface area contributed by atoms with Crippen LogP contribution in [0, 0.1) is 5.82 Å². The monoisotopic (exact) mass is 256 g/mol. The van der Waals surface area contributed by atoms with Gasteiger partial charge in [-0.15, -0.1) is 0 Å². The van der Waals surface area contributed by atoms with E-state index in [0.717, 1.165) is 25.2 Å². The smallest absolute Gasteiger partial charge is 0.146 e. The molecule has 1 aliphatic rings. The molecule has 2 aromatic rings. The average molecular weight is 256 g/mol. The van der Waals surface area contributed by atoms with Gasteiger partial charge in [0.15, 0.2) is 0 Å². The van der Waals surface area contributed by atoms with E-state index in [1.807, 2.05) is 24.3 Å². The van der Waals surface area contributed by atoms with Gasteiger partial charge in [0.2, 0.25) is 0 Å². The van der Waals surface area contributed by atoms with E-state index in [1.54, 1.807) is 6.07 Å². The van der Waals surface area contributed by atoms with Gasteiger partial charge in [-0.3, -0.25) is 0 Å². The number of hydrogen-bond donors (Lipinski definition) is 1. The number of nitrogens with zero attached hydrogens (tertiary/aromatic N) is 1. The van der Waals surface area contributed by atoms with Crippen LogP contribution in [0.4, 0.5) is 15.8 Å². The second-order valence-electron chi connectivity index (χ2n) is 5.05. The molecule has 19 heavy (non-hydrogen) atoms. The van der Waals surface area contributed by atoms with Crippen molar-refractivity contribution in [3.05, 3.63) is 59.9 Å². The van der Waals surface area contributed by atoms with Crippen LogP contribution in [0.2, 0.25) is 0 Å². The van der Waals surface area contributed by atoms with Crippen LogP contribution in [0.25, 0.3) is 0 Å². The maximum absolute atomic E-state index is 13.8. The fraction of sp³-hybridized carbons (Fsp3) is 0.250. The molecule has 1 fully saturated rings. The molecule has 3 heteroatoms. The van der Waals surface area contributed by atoms with E-state index in [0.29, 0.717) is 11.6 Å². The highest BCUT2D eigenvalue weighted by Crippen LogP contribution is 2.32. The van der Waals surface area contributed by atoms with Crippen molar-refractivity contribution < 1.29 is 4.39 Å². The Hall–Kier alpha value is -2.03. The third kappa shape index (κ3) is 2.41. The third-order valence-corrected chi connectivity index (χ3v) is 3.79. The van der Waals surface area contributed by atoms with Gasteiger partial charge in [-0.05, 0) is 36.2 Å². The predicted molar refractivity (Wildman–Crippen MR) is 76.8 cm³/mol. The summed E-state index contributed by atoms with van der Waals surface area (Å²) < 4.78 is 13.8. The summed E-state index contributed by atoms with van der Waals surface area (Å²) in [5.41, 5.74) is 8.48. The van der Waals surface area contributed by atoms with Gasteiger partial charge in [-0.25, -0.2) is 4.39 Å². The van der Waals surface area contributed by atoms with Gasteiger partial charge in [0.25, 0.3) is 0 Å². The molecule has 0 saturated carbocycles. The Morgan fingerprint density at radius 2 is 1.79 bits per heavy atom. The quantitative estimate of drug-likeness (QED) is 0.834. The van der Waals surface area contributed by atoms with Crippen LogP contribution in [0.3, 0.4) is 0 Å². The molecular formula is C16H17FN2. The molecule has 0 radical (unpaired) electrons. The number of anilines is 2. The van der Waals surface area contributed by atoms with Gasteiger partial charge in [0.05, 0.1) is 5.69 Å².